The Bertz CT molecular complexity index is 836. The van der Waals surface area contributed by atoms with Crippen molar-refractivity contribution in [2.75, 3.05) is 37.9 Å². The molecular formula is C20H23FN4OS. The van der Waals surface area contributed by atoms with Gasteiger partial charge in [0.2, 0.25) is 5.88 Å². The number of aromatic nitrogens is 1. The normalized spacial score (nSPS) is 17.5. The van der Waals surface area contributed by atoms with E-state index < -0.39 is 0 Å². The van der Waals surface area contributed by atoms with E-state index in [9.17, 15) is 4.39 Å². The van der Waals surface area contributed by atoms with Gasteiger partial charge < -0.3 is 14.5 Å². The molecule has 27 heavy (non-hydrogen) atoms. The number of halogens is 1. The number of aliphatic imine (C=N–C) groups is 1. The van der Waals surface area contributed by atoms with Gasteiger partial charge in [-0.1, -0.05) is 17.8 Å². The molecule has 1 aromatic heterocycles. The van der Waals surface area contributed by atoms with Crippen molar-refractivity contribution in [3.05, 3.63) is 47.9 Å². The summed E-state index contributed by atoms with van der Waals surface area (Å²) in [6, 6.07) is 9.55. The average molecular weight is 386 g/mol. The molecule has 0 aliphatic carbocycles. The number of fused-ring (bicyclic) bond motifs is 1. The third-order valence-corrected chi connectivity index (χ3v) is 5.85. The highest BCUT2D eigenvalue weighted by Gasteiger charge is 2.36. The summed E-state index contributed by atoms with van der Waals surface area (Å²) in [6.45, 7) is 2.79. The first-order valence-electron chi connectivity index (χ1n) is 9.11. The SMILES string of the molecule is COc1ccc(/N=C(/SC)N2CC(N3CCCc4c(F)cccc43)C2)cn1. The number of hydrogen-bond donors (Lipinski definition) is 0. The Morgan fingerprint density at radius 2 is 2.15 bits per heavy atom. The summed E-state index contributed by atoms with van der Waals surface area (Å²) in [5.74, 6) is 0.506. The lowest BCUT2D eigenvalue weighted by Gasteiger charge is -2.49. The molecule has 1 aromatic carbocycles. The first-order chi connectivity index (χ1) is 13.2. The van der Waals surface area contributed by atoms with Crippen LogP contribution in [0.15, 0.2) is 41.5 Å². The molecule has 2 aliphatic heterocycles. The zero-order valence-electron chi connectivity index (χ0n) is 15.6. The van der Waals surface area contributed by atoms with E-state index in [1.54, 1.807) is 31.1 Å². The lowest BCUT2D eigenvalue weighted by atomic mass is 9.97. The van der Waals surface area contributed by atoms with Crippen LogP contribution in [0.3, 0.4) is 0 Å². The van der Waals surface area contributed by atoms with E-state index in [0.717, 1.165) is 54.6 Å². The monoisotopic (exact) mass is 386 g/mol. The van der Waals surface area contributed by atoms with E-state index in [4.69, 9.17) is 9.73 Å². The van der Waals surface area contributed by atoms with Crippen LogP contribution >= 0.6 is 11.8 Å². The summed E-state index contributed by atoms with van der Waals surface area (Å²) in [7, 11) is 1.60. The number of benzene rings is 1. The minimum Gasteiger partial charge on any atom is -0.481 e. The quantitative estimate of drug-likeness (QED) is 0.594. The second-order valence-corrected chi connectivity index (χ2v) is 7.52. The number of pyridine rings is 1. The molecule has 1 saturated heterocycles. The lowest BCUT2D eigenvalue weighted by molar-refractivity contribution is 0.244. The molecule has 7 heteroatoms. The third kappa shape index (κ3) is 3.60. The molecule has 1 fully saturated rings. The van der Waals surface area contributed by atoms with Crippen LogP contribution in [0.2, 0.25) is 0 Å². The van der Waals surface area contributed by atoms with Crippen LogP contribution in [-0.4, -0.2) is 54.1 Å². The van der Waals surface area contributed by atoms with Crippen molar-refractivity contribution in [3.8, 4) is 5.88 Å². The van der Waals surface area contributed by atoms with Gasteiger partial charge in [-0.25, -0.2) is 14.4 Å². The van der Waals surface area contributed by atoms with Crippen LogP contribution < -0.4 is 9.64 Å². The molecule has 0 bridgehead atoms. The first kappa shape index (κ1) is 18.1. The van der Waals surface area contributed by atoms with Crippen LogP contribution in [0, 0.1) is 5.82 Å². The zero-order chi connectivity index (χ0) is 18.8. The maximum Gasteiger partial charge on any atom is 0.213 e. The Morgan fingerprint density at radius 1 is 1.30 bits per heavy atom. The van der Waals surface area contributed by atoms with Crippen LogP contribution in [-0.2, 0) is 6.42 Å². The number of hydrogen-bond acceptors (Lipinski definition) is 5. The Kier molecular flexibility index (Phi) is 5.20. The molecule has 0 spiro atoms. The van der Waals surface area contributed by atoms with Gasteiger partial charge in [-0.15, -0.1) is 0 Å². The van der Waals surface area contributed by atoms with Gasteiger partial charge in [-0.3, -0.25) is 0 Å². The van der Waals surface area contributed by atoms with E-state index in [1.165, 1.54) is 0 Å². The third-order valence-electron chi connectivity index (χ3n) is 5.14. The molecule has 5 nitrogen and oxygen atoms in total. The summed E-state index contributed by atoms with van der Waals surface area (Å²) < 4.78 is 19.2. The number of methoxy groups -OCH3 is 1. The predicted molar refractivity (Wildman–Crippen MR) is 109 cm³/mol. The summed E-state index contributed by atoms with van der Waals surface area (Å²) in [5, 5.41) is 0.981. The van der Waals surface area contributed by atoms with Crippen molar-refractivity contribution in [1.29, 1.82) is 0 Å². The van der Waals surface area contributed by atoms with Crippen LogP contribution in [0.5, 0.6) is 5.88 Å². The highest BCUT2D eigenvalue weighted by Crippen LogP contribution is 2.33. The van der Waals surface area contributed by atoms with Gasteiger partial charge in [0.15, 0.2) is 5.17 Å². The van der Waals surface area contributed by atoms with Gasteiger partial charge in [0.05, 0.1) is 25.0 Å². The van der Waals surface area contributed by atoms with Crippen molar-refractivity contribution in [2.45, 2.75) is 18.9 Å². The Labute approximate surface area is 163 Å². The molecule has 3 heterocycles. The van der Waals surface area contributed by atoms with Crippen molar-refractivity contribution in [3.63, 3.8) is 0 Å². The Hall–Kier alpha value is -2.28. The van der Waals surface area contributed by atoms with E-state index in [1.807, 2.05) is 30.5 Å². The highest BCUT2D eigenvalue weighted by atomic mass is 32.2. The van der Waals surface area contributed by atoms with Gasteiger partial charge in [-0.2, -0.15) is 0 Å². The minimum absolute atomic E-state index is 0.0771. The van der Waals surface area contributed by atoms with Crippen molar-refractivity contribution < 1.29 is 9.13 Å². The first-order valence-corrected chi connectivity index (χ1v) is 10.3. The van der Waals surface area contributed by atoms with E-state index >= 15 is 0 Å². The van der Waals surface area contributed by atoms with Crippen LogP contribution in [0.1, 0.15) is 12.0 Å². The smallest absolute Gasteiger partial charge is 0.213 e. The summed E-state index contributed by atoms with van der Waals surface area (Å²) in [5.41, 5.74) is 2.74. The fraction of sp³-hybridized carbons (Fsp3) is 0.400. The van der Waals surface area contributed by atoms with Gasteiger partial charge in [0, 0.05) is 37.0 Å². The average Bonchev–Trinajstić information content (AvgIpc) is 2.67. The molecule has 0 saturated carbocycles. The minimum atomic E-state index is -0.0771. The fourth-order valence-corrected chi connectivity index (χ4v) is 4.32. The van der Waals surface area contributed by atoms with Crippen molar-refractivity contribution >= 4 is 28.3 Å². The van der Waals surface area contributed by atoms with Gasteiger partial charge in [-0.05, 0) is 37.3 Å². The molecule has 0 radical (unpaired) electrons. The molecule has 0 unspecified atom stereocenters. The number of thioether (sulfide) groups is 1. The molecule has 142 valence electrons. The van der Waals surface area contributed by atoms with Crippen LogP contribution in [0.4, 0.5) is 15.8 Å². The van der Waals surface area contributed by atoms with E-state index in [0.29, 0.717) is 11.9 Å². The number of likely N-dealkylation sites (tertiary alicyclic amines) is 1. The number of anilines is 1. The standard InChI is InChI=1S/C20H23FN4OS/c1-26-19-9-8-14(11-22-19)23-20(27-2)24-12-15(13-24)25-10-4-5-16-17(21)6-3-7-18(16)25/h3,6-9,11,15H,4-5,10,12-13H2,1-2H3/b23-20+. The molecule has 0 amide bonds. The molecular weight excluding hydrogens is 363 g/mol. The highest BCUT2D eigenvalue weighted by molar-refractivity contribution is 8.13. The van der Waals surface area contributed by atoms with E-state index in [-0.39, 0.29) is 5.82 Å². The molecule has 2 aromatic rings. The lowest BCUT2D eigenvalue weighted by Crippen LogP contribution is -2.61. The summed E-state index contributed by atoms with van der Waals surface area (Å²) in [6.07, 6.45) is 5.59. The van der Waals surface area contributed by atoms with Crippen molar-refractivity contribution in [1.82, 2.24) is 9.88 Å². The van der Waals surface area contributed by atoms with E-state index in [2.05, 4.69) is 14.8 Å². The van der Waals surface area contributed by atoms with Crippen molar-refractivity contribution in [2.24, 2.45) is 4.99 Å². The zero-order valence-corrected chi connectivity index (χ0v) is 16.4. The molecule has 2 aliphatic rings. The van der Waals surface area contributed by atoms with Gasteiger partial charge >= 0.3 is 0 Å². The number of amidine groups is 1. The molecule has 0 atom stereocenters. The molecule has 4 rings (SSSR count). The summed E-state index contributed by atoms with van der Waals surface area (Å²) in [4.78, 5) is 13.6. The van der Waals surface area contributed by atoms with Gasteiger partial charge in [0.1, 0.15) is 5.82 Å². The second kappa shape index (κ2) is 7.76. The predicted octanol–water partition coefficient (Wildman–Crippen LogP) is 3.72. The van der Waals surface area contributed by atoms with Crippen LogP contribution in [0.25, 0.3) is 0 Å². The maximum absolute atomic E-state index is 14.1. The molecule has 0 N–H and O–H groups in total. The Balaban J connectivity index is 1.45. The number of rotatable bonds is 3. The topological polar surface area (TPSA) is 41.0 Å². The summed E-state index contributed by atoms with van der Waals surface area (Å²) >= 11 is 1.63. The van der Waals surface area contributed by atoms with Gasteiger partial charge in [0.25, 0.3) is 0 Å². The second-order valence-electron chi connectivity index (χ2n) is 6.75. The number of nitrogens with zero attached hydrogens (tertiary/aromatic N) is 4. The fourth-order valence-electron chi connectivity index (χ4n) is 3.71. The largest absolute Gasteiger partial charge is 0.481 e. The Morgan fingerprint density at radius 3 is 2.85 bits per heavy atom. The maximum atomic E-state index is 14.1. The number of ether oxygens (including phenoxy) is 1.